The van der Waals surface area contributed by atoms with Crippen LogP contribution in [0.3, 0.4) is 0 Å². The first kappa shape index (κ1) is 11.0. The molecule has 1 aromatic carbocycles. The van der Waals surface area contributed by atoms with Gasteiger partial charge in [-0.3, -0.25) is 4.79 Å². The largest absolute Gasteiger partial charge is 0.361 e. The number of benzene rings is 1. The number of hydrogen-bond acceptors (Lipinski definition) is 3. The standard InChI is InChI=1S/C13H12FN3O/c1-8-12(5-15-16-13(8)18)17-6-9-2-3-11(14)4-10(9)7-17/h2-5H,6-7H2,1H3,(H,16,18). The maximum absolute atomic E-state index is 13.1. The second-order valence-electron chi connectivity index (χ2n) is 4.48. The van der Waals surface area contributed by atoms with Gasteiger partial charge in [-0.15, -0.1) is 0 Å². The van der Waals surface area contributed by atoms with E-state index in [4.69, 9.17) is 0 Å². The third kappa shape index (κ3) is 1.68. The molecule has 0 spiro atoms. The molecule has 0 bridgehead atoms. The molecule has 1 aliphatic heterocycles. The summed E-state index contributed by atoms with van der Waals surface area (Å²) in [4.78, 5) is 13.5. The van der Waals surface area contributed by atoms with Gasteiger partial charge in [-0.25, -0.2) is 9.49 Å². The summed E-state index contributed by atoms with van der Waals surface area (Å²) in [5.41, 5.74) is 3.31. The van der Waals surface area contributed by atoms with E-state index in [1.165, 1.54) is 6.07 Å². The minimum Gasteiger partial charge on any atom is -0.361 e. The van der Waals surface area contributed by atoms with Crippen molar-refractivity contribution >= 4 is 5.69 Å². The van der Waals surface area contributed by atoms with Gasteiger partial charge >= 0.3 is 0 Å². The zero-order valence-corrected chi connectivity index (χ0v) is 9.90. The lowest BCUT2D eigenvalue weighted by atomic mass is 10.1. The van der Waals surface area contributed by atoms with Gasteiger partial charge in [-0.2, -0.15) is 5.10 Å². The Bertz CT molecular complexity index is 666. The van der Waals surface area contributed by atoms with Crippen LogP contribution in [0.5, 0.6) is 0 Å². The van der Waals surface area contributed by atoms with Crippen molar-refractivity contribution in [1.82, 2.24) is 10.2 Å². The fraction of sp³-hybridized carbons (Fsp3) is 0.231. The van der Waals surface area contributed by atoms with Gasteiger partial charge < -0.3 is 4.90 Å². The van der Waals surface area contributed by atoms with Crippen molar-refractivity contribution in [2.24, 2.45) is 0 Å². The van der Waals surface area contributed by atoms with E-state index in [0.29, 0.717) is 18.7 Å². The van der Waals surface area contributed by atoms with Crippen molar-refractivity contribution in [3.8, 4) is 0 Å². The molecule has 0 amide bonds. The molecule has 18 heavy (non-hydrogen) atoms. The van der Waals surface area contributed by atoms with E-state index in [2.05, 4.69) is 10.2 Å². The summed E-state index contributed by atoms with van der Waals surface area (Å²) >= 11 is 0. The topological polar surface area (TPSA) is 49.0 Å². The minimum atomic E-state index is -0.226. The Morgan fingerprint density at radius 3 is 2.94 bits per heavy atom. The van der Waals surface area contributed by atoms with Crippen LogP contribution in [0.15, 0.2) is 29.2 Å². The van der Waals surface area contributed by atoms with Crippen molar-refractivity contribution in [2.45, 2.75) is 20.0 Å². The second-order valence-corrected chi connectivity index (χ2v) is 4.48. The molecule has 1 aliphatic rings. The molecular weight excluding hydrogens is 233 g/mol. The molecule has 0 saturated carbocycles. The summed E-state index contributed by atoms with van der Waals surface area (Å²) in [5.74, 6) is -0.226. The van der Waals surface area contributed by atoms with E-state index in [0.717, 1.165) is 16.8 Å². The number of rotatable bonds is 1. The van der Waals surface area contributed by atoms with Crippen LogP contribution in [0.1, 0.15) is 16.7 Å². The fourth-order valence-corrected chi connectivity index (χ4v) is 2.30. The molecule has 0 radical (unpaired) electrons. The van der Waals surface area contributed by atoms with Crippen molar-refractivity contribution in [2.75, 3.05) is 4.90 Å². The van der Waals surface area contributed by atoms with Gasteiger partial charge in [0.2, 0.25) is 0 Å². The maximum atomic E-state index is 13.1. The summed E-state index contributed by atoms with van der Waals surface area (Å²) in [6.45, 7) is 3.06. The van der Waals surface area contributed by atoms with E-state index >= 15 is 0 Å². The first-order valence-electron chi connectivity index (χ1n) is 5.71. The van der Waals surface area contributed by atoms with Crippen molar-refractivity contribution in [3.05, 3.63) is 57.3 Å². The molecule has 92 valence electrons. The molecular formula is C13H12FN3O. The lowest BCUT2D eigenvalue weighted by Gasteiger charge is -2.18. The van der Waals surface area contributed by atoms with E-state index < -0.39 is 0 Å². The average molecular weight is 245 g/mol. The molecule has 4 nitrogen and oxygen atoms in total. The number of H-pyrrole nitrogens is 1. The maximum Gasteiger partial charge on any atom is 0.269 e. The van der Waals surface area contributed by atoms with Gasteiger partial charge in [-0.05, 0) is 30.2 Å². The third-order valence-electron chi connectivity index (χ3n) is 3.31. The van der Waals surface area contributed by atoms with Crippen LogP contribution in [-0.4, -0.2) is 10.2 Å². The fourth-order valence-electron chi connectivity index (χ4n) is 2.30. The third-order valence-corrected chi connectivity index (χ3v) is 3.31. The molecule has 0 saturated heterocycles. The van der Waals surface area contributed by atoms with Gasteiger partial charge in [0.15, 0.2) is 0 Å². The van der Waals surface area contributed by atoms with Gasteiger partial charge in [0.25, 0.3) is 5.56 Å². The molecule has 2 heterocycles. The second kappa shape index (κ2) is 3.94. The molecule has 5 heteroatoms. The van der Waals surface area contributed by atoms with Gasteiger partial charge in [0.1, 0.15) is 5.82 Å². The summed E-state index contributed by atoms with van der Waals surface area (Å²) in [5, 5.41) is 6.22. The summed E-state index contributed by atoms with van der Waals surface area (Å²) in [6.07, 6.45) is 1.64. The van der Waals surface area contributed by atoms with Crippen LogP contribution in [0, 0.1) is 12.7 Å². The lowest BCUT2D eigenvalue weighted by molar-refractivity contribution is 0.626. The predicted octanol–water partition coefficient (Wildman–Crippen LogP) is 1.74. The quantitative estimate of drug-likeness (QED) is 0.832. The molecule has 0 fully saturated rings. The van der Waals surface area contributed by atoms with E-state index in [1.807, 2.05) is 4.90 Å². The van der Waals surface area contributed by atoms with Crippen LogP contribution in [0.4, 0.5) is 10.1 Å². The molecule has 1 N–H and O–H groups in total. The highest BCUT2D eigenvalue weighted by Crippen LogP contribution is 2.28. The van der Waals surface area contributed by atoms with Crippen molar-refractivity contribution < 1.29 is 4.39 Å². The van der Waals surface area contributed by atoms with Gasteiger partial charge in [0.05, 0.1) is 11.9 Å². The van der Waals surface area contributed by atoms with E-state index in [9.17, 15) is 9.18 Å². The summed E-state index contributed by atoms with van der Waals surface area (Å²) < 4.78 is 13.1. The molecule has 0 unspecified atom stereocenters. The first-order chi connectivity index (χ1) is 8.65. The van der Waals surface area contributed by atoms with Crippen LogP contribution in [0.25, 0.3) is 0 Å². The SMILES string of the molecule is Cc1c(N2Cc3ccc(F)cc3C2)cn[nH]c1=O. The highest BCUT2D eigenvalue weighted by molar-refractivity contribution is 5.54. The van der Waals surface area contributed by atoms with E-state index in [1.54, 1.807) is 25.3 Å². The number of hydrogen-bond donors (Lipinski definition) is 1. The molecule has 2 aromatic rings. The number of fused-ring (bicyclic) bond motifs is 1. The van der Waals surface area contributed by atoms with Crippen LogP contribution < -0.4 is 10.5 Å². The first-order valence-corrected chi connectivity index (χ1v) is 5.71. The number of nitrogens with one attached hydrogen (secondary N) is 1. The zero-order chi connectivity index (χ0) is 12.7. The molecule has 0 aliphatic carbocycles. The number of halogens is 1. The normalized spacial score (nSPS) is 13.8. The monoisotopic (exact) mass is 245 g/mol. The number of nitrogens with zero attached hydrogens (tertiary/aromatic N) is 2. The van der Waals surface area contributed by atoms with Crippen LogP contribution >= 0.6 is 0 Å². The van der Waals surface area contributed by atoms with Crippen molar-refractivity contribution in [1.29, 1.82) is 0 Å². The lowest BCUT2D eigenvalue weighted by Crippen LogP contribution is -2.21. The Balaban J connectivity index is 1.99. The van der Waals surface area contributed by atoms with Crippen molar-refractivity contribution in [3.63, 3.8) is 0 Å². The number of aromatic nitrogens is 2. The Morgan fingerprint density at radius 2 is 2.11 bits per heavy atom. The van der Waals surface area contributed by atoms with Crippen LogP contribution in [-0.2, 0) is 13.1 Å². The minimum absolute atomic E-state index is 0.186. The summed E-state index contributed by atoms with van der Waals surface area (Å²) in [7, 11) is 0. The predicted molar refractivity (Wildman–Crippen MR) is 65.9 cm³/mol. The summed E-state index contributed by atoms with van der Waals surface area (Å²) in [6, 6.07) is 4.80. The van der Waals surface area contributed by atoms with Gasteiger partial charge in [-0.1, -0.05) is 6.07 Å². The Labute approximate surface area is 103 Å². The number of aromatic amines is 1. The molecule has 1 aromatic heterocycles. The average Bonchev–Trinajstić information content (AvgIpc) is 2.75. The van der Waals surface area contributed by atoms with E-state index in [-0.39, 0.29) is 11.4 Å². The highest BCUT2D eigenvalue weighted by atomic mass is 19.1. The smallest absolute Gasteiger partial charge is 0.269 e. The zero-order valence-electron chi connectivity index (χ0n) is 9.90. The Morgan fingerprint density at radius 1 is 1.33 bits per heavy atom. The van der Waals surface area contributed by atoms with Crippen LogP contribution in [0.2, 0.25) is 0 Å². The Hall–Kier alpha value is -2.17. The number of anilines is 1. The highest BCUT2D eigenvalue weighted by Gasteiger charge is 2.21. The van der Waals surface area contributed by atoms with Gasteiger partial charge in [0, 0.05) is 18.7 Å². The Kier molecular flexibility index (Phi) is 2.40. The molecule has 3 rings (SSSR count). The molecule has 0 atom stereocenters.